The number of likely N-dealkylation sites (tertiary alicyclic amines) is 1. The molecule has 1 saturated heterocycles. The molecule has 1 aliphatic heterocycles. The first kappa shape index (κ1) is 24.0. The van der Waals surface area contributed by atoms with Crippen LogP contribution in [0.25, 0.3) is 0 Å². The van der Waals surface area contributed by atoms with E-state index in [9.17, 15) is 22.4 Å². The Hall–Kier alpha value is -2.24. The van der Waals surface area contributed by atoms with E-state index in [1.54, 1.807) is 25.7 Å². The number of sulfonamides is 1. The van der Waals surface area contributed by atoms with Crippen molar-refractivity contribution in [3.05, 3.63) is 35.1 Å². The number of hydrogen-bond donors (Lipinski definition) is 3. The van der Waals surface area contributed by atoms with Gasteiger partial charge in [-0.05, 0) is 57.7 Å². The van der Waals surface area contributed by atoms with Gasteiger partial charge in [0.05, 0.1) is 5.75 Å². The number of nitrogens with two attached hydrogens (primary N) is 1. The van der Waals surface area contributed by atoms with Gasteiger partial charge in [0.25, 0.3) is 5.91 Å². The van der Waals surface area contributed by atoms with Crippen LogP contribution in [0.3, 0.4) is 0 Å². The summed E-state index contributed by atoms with van der Waals surface area (Å²) in [7, 11) is -3.64. The van der Waals surface area contributed by atoms with Crippen molar-refractivity contribution < 1.29 is 27.1 Å². The predicted octanol–water partition coefficient (Wildman–Crippen LogP) is 1.29. The van der Waals surface area contributed by atoms with Gasteiger partial charge in [-0.25, -0.2) is 28.2 Å². The van der Waals surface area contributed by atoms with Crippen molar-refractivity contribution >= 4 is 22.0 Å². The van der Waals surface area contributed by atoms with Crippen molar-refractivity contribution in [2.45, 2.75) is 51.7 Å². The number of carbonyl (C=O) groups excluding carboxylic acids is 2. The van der Waals surface area contributed by atoms with Gasteiger partial charge in [-0.2, -0.15) is 0 Å². The topological polar surface area (TPSA) is 131 Å². The number of aryl methyl sites for hydroxylation is 1. The molecule has 1 heterocycles. The summed E-state index contributed by atoms with van der Waals surface area (Å²) >= 11 is 0. The largest absolute Gasteiger partial charge is 0.444 e. The lowest BCUT2D eigenvalue weighted by atomic mass is 10.1. The molecule has 4 N–H and O–H groups in total. The van der Waals surface area contributed by atoms with Crippen molar-refractivity contribution in [2.24, 2.45) is 5.84 Å². The maximum Gasteiger partial charge on any atom is 0.410 e. The van der Waals surface area contributed by atoms with E-state index in [1.807, 2.05) is 5.43 Å². The lowest BCUT2D eigenvalue weighted by Gasteiger charge is -2.33. The zero-order chi connectivity index (χ0) is 22.5. The highest BCUT2D eigenvalue weighted by molar-refractivity contribution is 7.89. The second kappa shape index (κ2) is 9.71. The number of carbonyl (C=O) groups is 2. The lowest BCUT2D eigenvalue weighted by molar-refractivity contribution is 0.0203. The number of halogens is 1. The fraction of sp³-hybridized carbons (Fsp3) is 0.579. The van der Waals surface area contributed by atoms with E-state index in [4.69, 9.17) is 10.6 Å². The van der Waals surface area contributed by atoms with Crippen molar-refractivity contribution in [1.82, 2.24) is 15.0 Å². The van der Waals surface area contributed by atoms with E-state index in [0.29, 0.717) is 25.9 Å². The van der Waals surface area contributed by atoms with Gasteiger partial charge in [0, 0.05) is 24.7 Å². The first-order valence-electron chi connectivity index (χ1n) is 9.67. The van der Waals surface area contributed by atoms with Crippen molar-refractivity contribution in [2.75, 3.05) is 18.8 Å². The lowest BCUT2D eigenvalue weighted by Crippen LogP contribution is -2.48. The number of hydrogen-bond acceptors (Lipinski definition) is 6. The molecule has 0 radical (unpaired) electrons. The van der Waals surface area contributed by atoms with Gasteiger partial charge >= 0.3 is 6.09 Å². The average Bonchev–Trinajstić information content (AvgIpc) is 2.65. The Morgan fingerprint density at radius 3 is 2.43 bits per heavy atom. The predicted molar refractivity (Wildman–Crippen MR) is 110 cm³/mol. The summed E-state index contributed by atoms with van der Waals surface area (Å²) in [5.41, 5.74) is 1.56. The van der Waals surface area contributed by atoms with Gasteiger partial charge in [-0.3, -0.25) is 10.2 Å². The van der Waals surface area contributed by atoms with E-state index in [-0.39, 0.29) is 29.3 Å². The highest BCUT2D eigenvalue weighted by Crippen LogP contribution is 2.17. The molecule has 11 heteroatoms. The number of nitrogens with one attached hydrogen (secondary N) is 2. The molecule has 0 spiro atoms. The molecule has 1 fully saturated rings. The van der Waals surface area contributed by atoms with Crippen molar-refractivity contribution in [3.8, 4) is 0 Å². The summed E-state index contributed by atoms with van der Waals surface area (Å²) in [4.78, 5) is 25.0. The van der Waals surface area contributed by atoms with Crippen LogP contribution in [0.1, 0.15) is 49.5 Å². The Bertz CT molecular complexity index is 877. The number of amides is 2. The number of piperidine rings is 1. The molecule has 0 unspecified atom stereocenters. The van der Waals surface area contributed by atoms with Gasteiger partial charge in [0.15, 0.2) is 0 Å². The third kappa shape index (κ3) is 7.22. The third-order valence-corrected chi connectivity index (χ3v) is 6.01. The van der Waals surface area contributed by atoms with E-state index in [2.05, 4.69) is 4.72 Å². The summed E-state index contributed by atoms with van der Waals surface area (Å²) in [5.74, 6) is 3.42. The molecular formula is C19H29FN4O5S. The molecule has 0 aliphatic carbocycles. The minimum atomic E-state index is -3.64. The van der Waals surface area contributed by atoms with Crippen LogP contribution in [-0.2, 0) is 21.2 Å². The molecule has 2 amide bonds. The summed E-state index contributed by atoms with van der Waals surface area (Å²) in [6.45, 7) is 6.14. The Labute approximate surface area is 176 Å². The van der Waals surface area contributed by atoms with Crippen LogP contribution in [0, 0.1) is 5.82 Å². The first-order chi connectivity index (χ1) is 13.9. The number of hydrazine groups is 1. The highest BCUT2D eigenvalue weighted by atomic mass is 32.2. The minimum absolute atomic E-state index is 0.0392. The number of benzene rings is 1. The average molecular weight is 445 g/mol. The maximum absolute atomic E-state index is 14.1. The zero-order valence-electron chi connectivity index (χ0n) is 17.4. The van der Waals surface area contributed by atoms with E-state index >= 15 is 0 Å². The standard InChI is InChI=1S/C19H29FN4O5S/c1-19(2,3)29-18(26)24-9-6-15(7-10-24)23-30(27,28)11-8-13-4-5-14(12-16(13)20)17(25)22-21/h4-5,12,15,23H,6-11,21H2,1-3H3,(H,22,25). The SMILES string of the molecule is CC(C)(C)OC(=O)N1CCC(NS(=O)(=O)CCc2ccc(C(=O)NN)cc2F)CC1. The number of nitrogens with zero attached hydrogens (tertiary/aromatic N) is 1. The Morgan fingerprint density at radius 2 is 1.90 bits per heavy atom. The molecule has 0 aromatic heterocycles. The second-order valence-electron chi connectivity index (χ2n) is 8.21. The molecule has 0 atom stereocenters. The third-order valence-electron chi connectivity index (χ3n) is 4.58. The fourth-order valence-corrected chi connectivity index (χ4v) is 4.39. The molecule has 1 aliphatic rings. The molecular weight excluding hydrogens is 415 g/mol. The molecule has 1 aromatic carbocycles. The Morgan fingerprint density at radius 1 is 1.27 bits per heavy atom. The van der Waals surface area contributed by atoms with Gasteiger partial charge in [-0.1, -0.05) is 6.07 Å². The summed E-state index contributed by atoms with van der Waals surface area (Å²) < 4.78 is 46.9. The Balaban J connectivity index is 1.85. The van der Waals surface area contributed by atoms with Gasteiger partial charge in [0.2, 0.25) is 10.0 Å². The summed E-state index contributed by atoms with van der Waals surface area (Å²) in [6.07, 6.45) is 0.486. The maximum atomic E-state index is 14.1. The van der Waals surface area contributed by atoms with Crippen LogP contribution in [-0.4, -0.2) is 55.8 Å². The smallest absolute Gasteiger partial charge is 0.410 e. The molecule has 0 saturated carbocycles. The van der Waals surface area contributed by atoms with Gasteiger partial charge in [0.1, 0.15) is 11.4 Å². The molecule has 2 rings (SSSR count). The van der Waals surface area contributed by atoms with Crippen LogP contribution in [0.2, 0.25) is 0 Å². The Kier molecular flexibility index (Phi) is 7.78. The zero-order valence-corrected chi connectivity index (χ0v) is 18.2. The minimum Gasteiger partial charge on any atom is -0.444 e. The van der Waals surface area contributed by atoms with Crippen LogP contribution < -0.4 is 16.0 Å². The normalized spacial score (nSPS) is 15.7. The van der Waals surface area contributed by atoms with E-state index in [1.165, 1.54) is 12.1 Å². The summed E-state index contributed by atoms with van der Waals surface area (Å²) in [6, 6.07) is 3.47. The van der Waals surface area contributed by atoms with Crippen LogP contribution in [0.4, 0.5) is 9.18 Å². The summed E-state index contributed by atoms with van der Waals surface area (Å²) in [5, 5.41) is 0. The fourth-order valence-electron chi connectivity index (χ4n) is 3.04. The van der Waals surface area contributed by atoms with Gasteiger partial charge < -0.3 is 9.64 Å². The highest BCUT2D eigenvalue weighted by Gasteiger charge is 2.28. The second-order valence-corrected chi connectivity index (χ2v) is 10.1. The molecule has 0 bridgehead atoms. The number of nitrogen functional groups attached to an aromatic ring is 1. The van der Waals surface area contributed by atoms with Crippen LogP contribution in [0.5, 0.6) is 0 Å². The van der Waals surface area contributed by atoms with Crippen LogP contribution in [0.15, 0.2) is 18.2 Å². The van der Waals surface area contributed by atoms with Crippen molar-refractivity contribution in [1.29, 1.82) is 0 Å². The van der Waals surface area contributed by atoms with E-state index in [0.717, 1.165) is 6.07 Å². The molecule has 1 aromatic rings. The number of rotatable bonds is 6. The van der Waals surface area contributed by atoms with E-state index < -0.39 is 33.4 Å². The van der Waals surface area contributed by atoms with Crippen LogP contribution >= 0.6 is 0 Å². The number of ether oxygens (including phenoxy) is 1. The first-order valence-corrected chi connectivity index (χ1v) is 11.3. The molecule has 30 heavy (non-hydrogen) atoms. The quantitative estimate of drug-likeness (QED) is 0.344. The molecule has 168 valence electrons. The molecule has 9 nitrogen and oxygen atoms in total. The van der Waals surface area contributed by atoms with Crippen molar-refractivity contribution in [3.63, 3.8) is 0 Å². The monoisotopic (exact) mass is 444 g/mol. The van der Waals surface area contributed by atoms with Gasteiger partial charge in [-0.15, -0.1) is 0 Å².